The average molecular weight is 464 g/mol. The van der Waals surface area contributed by atoms with E-state index in [1.165, 1.54) is 11.3 Å². The maximum Gasteiger partial charge on any atom is 0.341 e. The number of esters is 1. The van der Waals surface area contributed by atoms with Gasteiger partial charge in [0.1, 0.15) is 10.7 Å². The maximum atomic E-state index is 12.9. The van der Waals surface area contributed by atoms with Crippen molar-refractivity contribution >= 4 is 51.4 Å². The zero-order valence-corrected chi connectivity index (χ0v) is 18.5. The van der Waals surface area contributed by atoms with E-state index in [1.54, 1.807) is 31.2 Å². The molecule has 156 valence electrons. The van der Waals surface area contributed by atoms with E-state index in [0.29, 0.717) is 26.3 Å². The van der Waals surface area contributed by atoms with Gasteiger partial charge in [0.2, 0.25) is 0 Å². The van der Waals surface area contributed by atoms with Crippen LogP contribution in [-0.4, -0.2) is 28.7 Å². The molecule has 0 bridgehead atoms. The molecular formula is C21H19Cl2N3O3S. The summed E-state index contributed by atoms with van der Waals surface area (Å²) in [6.07, 6.45) is 3.84. The molecule has 0 spiro atoms. The number of carbonyl (C=O) groups excluding carboxylic acids is 2. The highest BCUT2D eigenvalue weighted by molar-refractivity contribution is 7.17. The number of anilines is 1. The van der Waals surface area contributed by atoms with Crippen LogP contribution in [0.4, 0.5) is 5.00 Å². The fraction of sp³-hybridized carbons (Fsp3) is 0.286. The molecule has 2 heterocycles. The molecule has 0 saturated heterocycles. The monoisotopic (exact) mass is 463 g/mol. The number of aryl methyl sites for hydroxylation is 1. The summed E-state index contributed by atoms with van der Waals surface area (Å²) in [6.45, 7) is 2.05. The molecule has 1 aliphatic rings. The van der Waals surface area contributed by atoms with Crippen molar-refractivity contribution in [2.75, 3.05) is 11.9 Å². The van der Waals surface area contributed by atoms with Gasteiger partial charge in [-0.3, -0.25) is 9.89 Å². The number of aromatic nitrogens is 2. The van der Waals surface area contributed by atoms with Gasteiger partial charge < -0.3 is 10.1 Å². The second-order valence-electron chi connectivity index (χ2n) is 6.89. The van der Waals surface area contributed by atoms with Crippen LogP contribution < -0.4 is 5.32 Å². The normalized spacial score (nSPS) is 13.0. The maximum absolute atomic E-state index is 12.9. The number of aromatic amines is 1. The van der Waals surface area contributed by atoms with Crippen LogP contribution in [0.25, 0.3) is 11.3 Å². The quantitative estimate of drug-likeness (QED) is 0.471. The van der Waals surface area contributed by atoms with Crippen LogP contribution in [0, 0.1) is 0 Å². The number of carbonyl (C=O) groups is 2. The SMILES string of the molecule is CCOC(=O)c1c(NC(=O)c2cc(-c3ccc(Cl)c(Cl)c3)n[nH]2)sc2c1CCCC2. The summed E-state index contributed by atoms with van der Waals surface area (Å²) in [7, 11) is 0. The molecule has 0 fully saturated rings. The molecule has 0 unspecified atom stereocenters. The third-order valence-corrected chi connectivity index (χ3v) is 6.86. The molecule has 1 aliphatic carbocycles. The minimum absolute atomic E-state index is 0.275. The first kappa shape index (κ1) is 20.9. The lowest BCUT2D eigenvalue weighted by Gasteiger charge is -2.12. The first-order valence-electron chi connectivity index (χ1n) is 9.61. The highest BCUT2D eigenvalue weighted by atomic mass is 35.5. The zero-order valence-electron chi connectivity index (χ0n) is 16.2. The summed E-state index contributed by atoms with van der Waals surface area (Å²) >= 11 is 13.5. The Hall–Kier alpha value is -2.35. The average Bonchev–Trinajstić information content (AvgIpc) is 3.35. The van der Waals surface area contributed by atoms with E-state index >= 15 is 0 Å². The van der Waals surface area contributed by atoms with E-state index in [4.69, 9.17) is 27.9 Å². The summed E-state index contributed by atoms with van der Waals surface area (Å²) in [4.78, 5) is 26.5. The van der Waals surface area contributed by atoms with Gasteiger partial charge in [-0.1, -0.05) is 29.3 Å². The van der Waals surface area contributed by atoms with Crippen molar-refractivity contribution in [2.45, 2.75) is 32.6 Å². The van der Waals surface area contributed by atoms with Crippen LogP contribution in [0.5, 0.6) is 0 Å². The molecule has 2 aromatic heterocycles. The topological polar surface area (TPSA) is 84.1 Å². The largest absolute Gasteiger partial charge is 0.462 e. The number of H-pyrrole nitrogens is 1. The van der Waals surface area contributed by atoms with Crippen LogP contribution in [0.15, 0.2) is 24.3 Å². The molecule has 0 aliphatic heterocycles. The lowest BCUT2D eigenvalue weighted by molar-refractivity contribution is 0.0526. The zero-order chi connectivity index (χ0) is 21.3. The van der Waals surface area contributed by atoms with Crippen molar-refractivity contribution in [1.29, 1.82) is 0 Å². The van der Waals surface area contributed by atoms with Gasteiger partial charge in [0.15, 0.2) is 0 Å². The van der Waals surface area contributed by atoms with Crippen molar-refractivity contribution in [3.63, 3.8) is 0 Å². The molecule has 4 rings (SSSR count). The van der Waals surface area contributed by atoms with Crippen LogP contribution >= 0.6 is 34.5 Å². The number of rotatable bonds is 5. The Labute approximate surface area is 187 Å². The number of amides is 1. The number of fused-ring (bicyclic) bond motifs is 1. The third kappa shape index (κ3) is 4.10. The predicted octanol–water partition coefficient (Wildman–Crippen LogP) is 5.75. The Morgan fingerprint density at radius 2 is 2.00 bits per heavy atom. The van der Waals surface area contributed by atoms with E-state index in [9.17, 15) is 9.59 Å². The van der Waals surface area contributed by atoms with Gasteiger partial charge in [0, 0.05) is 10.4 Å². The van der Waals surface area contributed by atoms with Crippen LogP contribution in [0.3, 0.4) is 0 Å². The Morgan fingerprint density at radius 3 is 2.77 bits per heavy atom. The minimum Gasteiger partial charge on any atom is -0.462 e. The summed E-state index contributed by atoms with van der Waals surface area (Å²) < 4.78 is 5.24. The van der Waals surface area contributed by atoms with Gasteiger partial charge >= 0.3 is 5.97 Å². The number of halogens is 2. The van der Waals surface area contributed by atoms with Crippen molar-refractivity contribution in [1.82, 2.24) is 10.2 Å². The van der Waals surface area contributed by atoms with E-state index in [0.717, 1.165) is 41.7 Å². The Kier molecular flexibility index (Phi) is 6.13. The molecule has 6 nitrogen and oxygen atoms in total. The molecule has 9 heteroatoms. The lowest BCUT2D eigenvalue weighted by atomic mass is 9.95. The van der Waals surface area contributed by atoms with Crippen molar-refractivity contribution in [3.8, 4) is 11.3 Å². The van der Waals surface area contributed by atoms with Gasteiger partial charge in [-0.25, -0.2) is 4.79 Å². The number of nitrogens with one attached hydrogen (secondary N) is 2. The van der Waals surface area contributed by atoms with Crippen LogP contribution in [0.2, 0.25) is 10.0 Å². The molecule has 3 aromatic rings. The second kappa shape index (κ2) is 8.79. The highest BCUT2D eigenvalue weighted by Crippen LogP contribution is 2.39. The van der Waals surface area contributed by atoms with Gasteiger partial charge in [-0.15, -0.1) is 11.3 Å². The molecule has 0 saturated carbocycles. The van der Waals surface area contributed by atoms with Gasteiger partial charge in [0.25, 0.3) is 5.91 Å². The number of thiophene rings is 1. The number of hydrogen-bond donors (Lipinski definition) is 2. The molecule has 1 aromatic carbocycles. The molecule has 1 amide bonds. The fourth-order valence-corrected chi connectivity index (χ4v) is 5.06. The van der Waals surface area contributed by atoms with Gasteiger partial charge in [-0.2, -0.15) is 5.10 Å². The summed E-state index contributed by atoms with van der Waals surface area (Å²) in [5, 5.41) is 11.2. The van der Waals surface area contributed by atoms with Gasteiger partial charge in [-0.05, 0) is 56.4 Å². The first-order chi connectivity index (χ1) is 14.5. The molecule has 0 radical (unpaired) electrons. The lowest BCUT2D eigenvalue weighted by Crippen LogP contribution is -2.16. The van der Waals surface area contributed by atoms with Crippen molar-refractivity contribution < 1.29 is 14.3 Å². The fourth-order valence-electron chi connectivity index (χ4n) is 3.48. The van der Waals surface area contributed by atoms with E-state index in [1.807, 2.05) is 0 Å². The Bertz CT molecular complexity index is 1120. The van der Waals surface area contributed by atoms with E-state index in [2.05, 4.69) is 15.5 Å². The Balaban J connectivity index is 1.60. The Morgan fingerprint density at radius 1 is 1.20 bits per heavy atom. The van der Waals surface area contributed by atoms with Crippen molar-refractivity contribution in [3.05, 3.63) is 56.0 Å². The third-order valence-electron chi connectivity index (χ3n) is 4.92. The number of hydrogen-bond acceptors (Lipinski definition) is 5. The first-order valence-corrected chi connectivity index (χ1v) is 11.2. The van der Waals surface area contributed by atoms with Gasteiger partial charge in [0.05, 0.1) is 27.9 Å². The van der Waals surface area contributed by atoms with E-state index in [-0.39, 0.29) is 18.2 Å². The van der Waals surface area contributed by atoms with Crippen LogP contribution in [0.1, 0.15) is 51.1 Å². The van der Waals surface area contributed by atoms with E-state index < -0.39 is 5.97 Å². The minimum atomic E-state index is -0.395. The molecule has 0 atom stereocenters. The number of nitrogens with zero attached hydrogens (tertiary/aromatic N) is 1. The summed E-state index contributed by atoms with van der Waals surface area (Å²) in [6, 6.07) is 6.77. The van der Waals surface area contributed by atoms with Crippen LogP contribution in [-0.2, 0) is 17.6 Å². The smallest absolute Gasteiger partial charge is 0.341 e. The number of benzene rings is 1. The standard InChI is InChI=1S/C21H19Cl2N3O3S/c1-2-29-21(28)18-12-5-3-4-6-17(12)30-20(18)24-19(27)16-10-15(25-26-16)11-7-8-13(22)14(23)9-11/h7-10H,2-6H2,1H3,(H,24,27)(H,25,26). The summed E-state index contributed by atoms with van der Waals surface area (Å²) in [5.74, 6) is -0.772. The highest BCUT2D eigenvalue weighted by Gasteiger charge is 2.27. The summed E-state index contributed by atoms with van der Waals surface area (Å²) in [5.41, 5.74) is 3.06. The molecule has 30 heavy (non-hydrogen) atoms. The second-order valence-corrected chi connectivity index (χ2v) is 8.80. The van der Waals surface area contributed by atoms with Crippen molar-refractivity contribution in [2.24, 2.45) is 0 Å². The molecule has 2 N–H and O–H groups in total. The predicted molar refractivity (Wildman–Crippen MR) is 119 cm³/mol. The number of ether oxygens (including phenoxy) is 1. The molecular weight excluding hydrogens is 445 g/mol.